The lowest BCUT2D eigenvalue weighted by atomic mass is 9.94. The molecule has 0 bridgehead atoms. The third kappa shape index (κ3) is 2.82. The Morgan fingerprint density at radius 3 is 3.05 bits per heavy atom. The molecule has 0 amide bonds. The highest BCUT2D eigenvalue weighted by atomic mass is 16.6. The predicted molar refractivity (Wildman–Crippen MR) is 81.4 cm³/mol. The molecule has 1 aliphatic heterocycles. The molecule has 21 heavy (non-hydrogen) atoms. The largest absolute Gasteiger partial charge is 0.353 e. The van der Waals surface area contributed by atoms with Crippen LogP contribution in [0.4, 0.5) is 11.6 Å². The summed E-state index contributed by atoms with van der Waals surface area (Å²) in [5, 5.41) is 14.2. The maximum Gasteiger partial charge on any atom is 0.271 e. The van der Waals surface area contributed by atoms with Crippen LogP contribution in [0.1, 0.15) is 13.3 Å². The van der Waals surface area contributed by atoms with Crippen molar-refractivity contribution in [2.75, 3.05) is 25.5 Å². The molecule has 0 aliphatic carbocycles. The SMILES string of the molecule is CC1CN(C)CCC1Nc1nc2ccc([N+](=O)[O-])cc2[nH]1. The number of H-pyrrole nitrogens is 1. The first-order chi connectivity index (χ1) is 10.0. The number of aromatic amines is 1. The van der Waals surface area contributed by atoms with Crippen molar-refractivity contribution in [2.45, 2.75) is 19.4 Å². The van der Waals surface area contributed by atoms with E-state index in [0.717, 1.165) is 25.0 Å². The Morgan fingerprint density at radius 2 is 2.33 bits per heavy atom. The van der Waals surface area contributed by atoms with Crippen molar-refractivity contribution in [1.82, 2.24) is 14.9 Å². The number of rotatable bonds is 3. The second kappa shape index (κ2) is 5.33. The van der Waals surface area contributed by atoms with Crippen LogP contribution >= 0.6 is 0 Å². The molecule has 1 aliphatic rings. The van der Waals surface area contributed by atoms with E-state index < -0.39 is 4.92 Å². The van der Waals surface area contributed by atoms with Gasteiger partial charge in [0.05, 0.1) is 16.0 Å². The van der Waals surface area contributed by atoms with Gasteiger partial charge in [-0.15, -0.1) is 0 Å². The van der Waals surface area contributed by atoms with Gasteiger partial charge >= 0.3 is 0 Å². The smallest absolute Gasteiger partial charge is 0.271 e. The second-order valence-electron chi connectivity index (χ2n) is 5.82. The normalized spacial score (nSPS) is 23.3. The van der Waals surface area contributed by atoms with Gasteiger partial charge < -0.3 is 15.2 Å². The number of non-ortho nitro benzene ring substituents is 1. The highest BCUT2D eigenvalue weighted by Crippen LogP contribution is 2.23. The van der Waals surface area contributed by atoms with E-state index in [1.54, 1.807) is 6.07 Å². The fourth-order valence-corrected chi connectivity index (χ4v) is 2.92. The molecule has 3 rings (SSSR count). The van der Waals surface area contributed by atoms with Crippen molar-refractivity contribution >= 4 is 22.7 Å². The minimum atomic E-state index is -0.396. The molecule has 0 saturated carbocycles. The summed E-state index contributed by atoms with van der Waals surface area (Å²) in [6.07, 6.45) is 1.06. The number of benzene rings is 1. The lowest BCUT2D eigenvalue weighted by Gasteiger charge is -2.35. The van der Waals surface area contributed by atoms with Crippen LogP contribution in [0.3, 0.4) is 0 Å². The third-order valence-corrected chi connectivity index (χ3v) is 4.11. The van der Waals surface area contributed by atoms with Gasteiger partial charge in [0, 0.05) is 24.7 Å². The molecule has 2 N–H and O–H groups in total. The van der Waals surface area contributed by atoms with E-state index in [1.807, 2.05) is 0 Å². The van der Waals surface area contributed by atoms with E-state index in [-0.39, 0.29) is 5.69 Å². The molecular formula is C14H19N5O2. The summed E-state index contributed by atoms with van der Waals surface area (Å²) in [4.78, 5) is 20.3. The van der Waals surface area contributed by atoms with E-state index in [9.17, 15) is 10.1 Å². The molecule has 7 heteroatoms. The van der Waals surface area contributed by atoms with E-state index in [4.69, 9.17) is 0 Å². The zero-order valence-electron chi connectivity index (χ0n) is 12.2. The van der Waals surface area contributed by atoms with Gasteiger partial charge in [-0.3, -0.25) is 10.1 Å². The number of piperidine rings is 1. The Morgan fingerprint density at radius 1 is 1.52 bits per heavy atom. The molecule has 7 nitrogen and oxygen atoms in total. The number of nitro groups is 1. The van der Waals surface area contributed by atoms with Crippen molar-refractivity contribution in [2.24, 2.45) is 5.92 Å². The van der Waals surface area contributed by atoms with Crippen LogP contribution in [0, 0.1) is 16.0 Å². The Kier molecular flexibility index (Phi) is 3.50. The topological polar surface area (TPSA) is 87.1 Å². The molecule has 0 spiro atoms. The summed E-state index contributed by atoms with van der Waals surface area (Å²) < 4.78 is 0. The summed E-state index contributed by atoms with van der Waals surface area (Å²) in [5.41, 5.74) is 1.50. The second-order valence-corrected chi connectivity index (χ2v) is 5.82. The number of nitrogens with zero attached hydrogens (tertiary/aromatic N) is 3. The molecule has 0 radical (unpaired) electrons. The van der Waals surface area contributed by atoms with E-state index in [2.05, 4.69) is 34.2 Å². The molecule has 2 atom stereocenters. The number of nitro benzene ring substituents is 1. The molecule has 2 heterocycles. The molecule has 1 aromatic heterocycles. The molecule has 1 fully saturated rings. The summed E-state index contributed by atoms with van der Waals surface area (Å²) in [6, 6.07) is 5.04. The molecule has 2 unspecified atom stereocenters. The van der Waals surface area contributed by atoms with Crippen molar-refractivity contribution in [1.29, 1.82) is 0 Å². The first-order valence-electron chi connectivity index (χ1n) is 7.12. The lowest BCUT2D eigenvalue weighted by molar-refractivity contribution is -0.384. The fraction of sp³-hybridized carbons (Fsp3) is 0.500. The van der Waals surface area contributed by atoms with Crippen LogP contribution in [0.25, 0.3) is 11.0 Å². The third-order valence-electron chi connectivity index (χ3n) is 4.11. The monoisotopic (exact) mass is 289 g/mol. The van der Waals surface area contributed by atoms with Crippen LogP contribution in [0.2, 0.25) is 0 Å². The summed E-state index contributed by atoms with van der Waals surface area (Å²) in [5.74, 6) is 1.22. The molecular weight excluding hydrogens is 270 g/mol. The van der Waals surface area contributed by atoms with Crippen LogP contribution in [-0.2, 0) is 0 Å². The standard InChI is InChI=1S/C14H19N5O2/c1-9-8-18(2)6-5-11(9)15-14-16-12-4-3-10(19(20)21)7-13(12)17-14/h3-4,7,9,11H,5-6,8H2,1-2H3,(H2,15,16,17). The van der Waals surface area contributed by atoms with Gasteiger partial charge in [0.2, 0.25) is 5.95 Å². The van der Waals surface area contributed by atoms with Gasteiger partial charge in [-0.1, -0.05) is 6.92 Å². The lowest BCUT2D eigenvalue weighted by Crippen LogP contribution is -2.43. The first kappa shape index (κ1) is 13.8. The van der Waals surface area contributed by atoms with Crippen LogP contribution in [0.5, 0.6) is 0 Å². The van der Waals surface area contributed by atoms with Crippen molar-refractivity contribution in [3.63, 3.8) is 0 Å². The number of hydrogen-bond acceptors (Lipinski definition) is 5. The zero-order chi connectivity index (χ0) is 15.0. The van der Waals surface area contributed by atoms with Gasteiger partial charge in [0.1, 0.15) is 0 Å². The van der Waals surface area contributed by atoms with Gasteiger partial charge in [-0.05, 0) is 32.0 Å². The average molecular weight is 289 g/mol. The number of hydrogen-bond donors (Lipinski definition) is 2. The van der Waals surface area contributed by atoms with E-state index in [1.165, 1.54) is 12.1 Å². The Bertz CT molecular complexity index is 668. The Labute approximate surface area is 122 Å². The number of anilines is 1. The zero-order valence-corrected chi connectivity index (χ0v) is 12.2. The van der Waals surface area contributed by atoms with Crippen LogP contribution in [0.15, 0.2) is 18.2 Å². The number of likely N-dealkylation sites (tertiary alicyclic amines) is 1. The first-order valence-corrected chi connectivity index (χ1v) is 7.12. The van der Waals surface area contributed by atoms with Gasteiger partial charge in [0.15, 0.2) is 0 Å². The summed E-state index contributed by atoms with van der Waals surface area (Å²) >= 11 is 0. The van der Waals surface area contributed by atoms with Gasteiger partial charge in [-0.25, -0.2) is 4.98 Å². The summed E-state index contributed by atoms with van der Waals surface area (Å²) in [7, 11) is 2.13. The number of fused-ring (bicyclic) bond motifs is 1. The highest BCUT2D eigenvalue weighted by Gasteiger charge is 2.24. The fourth-order valence-electron chi connectivity index (χ4n) is 2.92. The highest BCUT2D eigenvalue weighted by molar-refractivity contribution is 5.79. The Hall–Kier alpha value is -2.15. The van der Waals surface area contributed by atoms with Crippen molar-refractivity contribution in [3.05, 3.63) is 28.3 Å². The van der Waals surface area contributed by atoms with Crippen LogP contribution in [-0.4, -0.2) is 46.0 Å². The average Bonchev–Trinajstić information content (AvgIpc) is 2.83. The van der Waals surface area contributed by atoms with Crippen LogP contribution < -0.4 is 5.32 Å². The predicted octanol–water partition coefficient (Wildman–Crippen LogP) is 2.22. The van der Waals surface area contributed by atoms with Crippen molar-refractivity contribution in [3.8, 4) is 0 Å². The molecule has 112 valence electrons. The van der Waals surface area contributed by atoms with Gasteiger partial charge in [0.25, 0.3) is 5.69 Å². The minimum absolute atomic E-state index is 0.0744. The minimum Gasteiger partial charge on any atom is -0.353 e. The summed E-state index contributed by atoms with van der Waals surface area (Å²) in [6.45, 7) is 4.35. The molecule has 2 aromatic rings. The maximum atomic E-state index is 10.8. The Balaban J connectivity index is 1.80. The maximum absolute atomic E-state index is 10.8. The number of imidazole rings is 1. The molecule has 1 saturated heterocycles. The quantitative estimate of drug-likeness (QED) is 0.668. The van der Waals surface area contributed by atoms with Crippen molar-refractivity contribution < 1.29 is 4.92 Å². The van der Waals surface area contributed by atoms with E-state index in [0.29, 0.717) is 23.4 Å². The number of aromatic nitrogens is 2. The van der Waals surface area contributed by atoms with E-state index >= 15 is 0 Å². The number of nitrogens with one attached hydrogen (secondary N) is 2. The van der Waals surface area contributed by atoms with Gasteiger partial charge in [-0.2, -0.15) is 0 Å². The molecule has 1 aromatic carbocycles.